The van der Waals surface area contributed by atoms with Crippen molar-refractivity contribution in [1.82, 2.24) is 9.97 Å². The largest absolute Gasteiger partial charge is 0.481 e. The van der Waals surface area contributed by atoms with Crippen molar-refractivity contribution in [2.24, 2.45) is 0 Å². The summed E-state index contributed by atoms with van der Waals surface area (Å²) in [5.41, 5.74) is 1.59. The van der Waals surface area contributed by atoms with Gasteiger partial charge in [-0.1, -0.05) is 12.1 Å². The standard InChI is InChI=1S/C11H9BrN2O2/c12-8-3-1-2-7-9(4-5-10(15)16)13-6-14-11(7)8/h1-3,6H,4-5H2,(H,15,16). The quantitative estimate of drug-likeness (QED) is 0.938. The highest BCUT2D eigenvalue weighted by Gasteiger charge is 2.07. The number of aliphatic carboxylic acids is 1. The van der Waals surface area contributed by atoms with E-state index in [1.807, 2.05) is 18.2 Å². The maximum atomic E-state index is 10.5. The van der Waals surface area contributed by atoms with E-state index in [1.54, 1.807) is 0 Å². The number of hydrogen-bond donors (Lipinski definition) is 1. The van der Waals surface area contributed by atoms with Crippen LogP contribution in [0.4, 0.5) is 0 Å². The Hall–Kier alpha value is -1.49. The van der Waals surface area contributed by atoms with E-state index in [0.717, 1.165) is 21.1 Å². The van der Waals surface area contributed by atoms with Crippen LogP contribution < -0.4 is 0 Å². The highest BCUT2D eigenvalue weighted by Crippen LogP contribution is 2.23. The molecule has 1 N–H and O–H groups in total. The number of aromatic nitrogens is 2. The minimum atomic E-state index is -0.818. The molecule has 0 bridgehead atoms. The summed E-state index contributed by atoms with van der Waals surface area (Å²) in [6, 6.07) is 5.69. The van der Waals surface area contributed by atoms with E-state index >= 15 is 0 Å². The van der Waals surface area contributed by atoms with Gasteiger partial charge in [-0.2, -0.15) is 0 Å². The van der Waals surface area contributed by atoms with E-state index in [-0.39, 0.29) is 6.42 Å². The number of hydrogen-bond acceptors (Lipinski definition) is 3. The monoisotopic (exact) mass is 280 g/mol. The third kappa shape index (κ3) is 2.19. The Morgan fingerprint density at radius 3 is 2.94 bits per heavy atom. The smallest absolute Gasteiger partial charge is 0.303 e. The molecular weight excluding hydrogens is 272 g/mol. The maximum absolute atomic E-state index is 10.5. The first-order valence-electron chi connectivity index (χ1n) is 4.78. The highest BCUT2D eigenvalue weighted by atomic mass is 79.9. The van der Waals surface area contributed by atoms with Gasteiger partial charge < -0.3 is 5.11 Å². The zero-order chi connectivity index (χ0) is 11.5. The van der Waals surface area contributed by atoms with Crippen molar-refractivity contribution < 1.29 is 9.90 Å². The molecule has 2 rings (SSSR count). The van der Waals surface area contributed by atoms with Gasteiger partial charge in [0.15, 0.2) is 0 Å². The lowest BCUT2D eigenvalue weighted by atomic mass is 10.1. The number of benzene rings is 1. The summed E-state index contributed by atoms with van der Waals surface area (Å²) < 4.78 is 0.893. The number of nitrogens with zero attached hydrogens (tertiary/aromatic N) is 2. The number of halogens is 1. The Kier molecular flexibility index (Phi) is 3.14. The second kappa shape index (κ2) is 4.57. The SMILES string of the molecule is O=C(O)CCc1ncnc2c(Br)cccc12. The molecule has 0 radical (unpaired) electrons. The third-order valence-electron chi connectivity index (χ3n) is 2.27. The molecule has 0 aliphatic rings. The minimum Gasteiger partial charge on any atom is -0.481 e. The fourth-order valence-corrected chi connectivity index (χ4v) is 2.00. The van der Waals surface area contributed by atoms with E-state index < -0.39 is 5.97 Å². The fourth-order valence-electron chi connectivity index (χ4n) is 1.53. The topological polar surface area (TPSA) is 63.1 Å². The molecular formula is C11H9BrN2O2. The Morgan fingerprint density at radius 1 is 1.38 bits per heavy atom. The van der Waals surface area contributed by atoms with Crippen molar-refractivity contribution in [2.45, 2.75) is 12.8 Å². The van der Waals surface area contributed by atoms with Crippen LogP contribution in [0.1, 0.15) is 12.1 Å². The van der Waals surface area contributed by atoms with Gasteiger partial charge in [-0.25, -0.2) is 9.97 Å². The molecule has 0 unspecified atom stereocenters. The van der Waals surface area contributed by atoms with E-state index in [2.05, 4.69) is 25.9 Å². The van der Waals surface area contributed by atoms with Crippen LogP contribution >= 0.6 is 15.9 Å². The van der Waals surface area contributed by atoms with Gasteiger partial charge in [-0.05, 0) is 22.0 Å². The van der Waals surface area contributed by atoms with Gasteiger partial charge in [0, 0.05) is 16.3 Å². The van der Waals surface area contributed by atoms with Crippen molar-refractivity contribution in [3.05, 3.63) is 34.7 Å². The molecule has 0 spiro atoms. The Morgan fingerprint density at radius 2 is 2.19 bits per heavy atom. The Labute approximate surface area is 100 Å². The molecule has 0 fully saturated rings. The van der Waals surface area contributed by atoms with Gasteiger partial charge in [0.05, 0.1) is 17.6 Å². The van der Waals surface area contributed by atoms with Crippen molar-refractivity contribution in [1.29, 1.82) is 0 Å². The van der Waals surface area contributed by atoms with E-state index in [9.17, 15) is 4.79 Å². The predicted molar refractivity (Wildman–Crippen MR) is 63.2 cm³/mol. The van der Waals surface area contributed by atoms with Gasteiger partial charge in [0.25, 0.3) is 0 Å². The molecule has 0 aliphatic heterocycles. The highest BCUT2D eigenvalue weighted by molar-refractivity contribution is 9.10. The summed E-state index contributed by atoms with van der Waals surface area (Å²) in [6.07, 6.45) is 1.97. The number of aryl methyl sites for hydroxylation is 1. The lowest BCUT2D eigenvalue weighted by molar-refractivity contribution is -0.136. The van der Waals surface area contributed by atoms with Crippen LogP contribution in [0.2, 0.25) is 0 Å². The number of carboxylic acids is 1. The van der Waals surface area contributed by atoms with Crippen LogP contribution in [0, 0.1) is 0 Å². The lowest BCUT2D eigenvalue weighted by Crippen LogP contribution is -2.00. The predicted octanol–water partition coefficient (Wildman–Crippen LogP) is 2.41. The minimum absolute atomic E-state index is 0.0820. The van der Waals surface area contributed by atoms with Crippen molar-refractivity contribution in [3.63, 3.8) is 0 Å². The summed E-state index contributed by atoms with van der Waals surface area (Å²) in [7, 11) is 0. The van der Waals surface area contributed by atoms with Gasteiger partial charge in [0.2, 0.25) is 0 Å². The summed E-state index contributed by atoms with van der Waals surface area (Å²) >= 11 is 3.40. The van der Waals surface area contributed by atoms with Crippen LogP contribution in [-0.4, -0.2) is 21.0 Å². The lowest BCUT2D eigenvalue weighted by Gasteiger charge is -2.04. The van der Waals surface area contributed by atoms with E-state index in [1.165, 1.54) is 6.33 Å². The molecule has 1 heterocycles. The first-order valence-corrected chi connectivity index (χ1v) is 5.57. The van der Waals surface area contributed by atoms with Gasteiger partial charge >= 0.3 is 5.97 Å². The third-order valence-corrected chi connectivity index (χ3v) is 2.91. The second-order valence-corrected chi connectivity index (χ2v) is 4.20. The van der Waals surface area contributed by atoms with E-state index in [4.69, 9.17) is 5.11 Å². The molecule has 0 saturated heterocycles. The molecule has 0 saturated carbocycles. The molecule has 1 aromatic heterocycles. The number of carbonyl (C=O) groups is 1. The fraction of sp³-hybridized carbons (Fsp3) is 0.182. The van der Waals surface area contributed by atoms with Crippen LogP contribution in [-0.2, 0) is 11.2 Å². The van der Waals surface area contributed by atoms with Crippen LogP contribution in [0.3, 0.4) is 0 Å². The van der Waals surface area contributed by atoms with Crippen molar-refractivity contribution >= 4 is 32.8 Å². The van der Waals surface area contributed by atoms with Crippen LogP contribution in [0.15, 0.2) is 29.0 Å². The number of rotatable bonds is 3. The van der Waals surface area contributed by atoms with E-state index in [0.29, 0.717) is 6.42 Å². The average molecular weight is 281 g/mol. The molecule has 0 amide bonds. The van der Waals surface area contributed by atoms with Crippen LogP contribution in [0.25, 0.3) is 10.9 Å². The normalized spacial score (nSPS) is 10.6. The summed E-state index contributed by atoms with van der Waals surface area (Å²) in [5, 5.41) is 9.55. The zero-order valence-corrected chi connectivity index (χ0v) is 9.94. The molecule has 0 aliphatic carbocycles. The molecule has 0 atom stereocenters. The average Bonchev–Trinajstić information content (AvgIpc) is 2.27. The van der Waals surface area contributed by atoms with Crippen LogP contribution in [0.5, 0.6) is 0 Å². The van der Waals surface area contributed by atoms with Crippen molar-refractivity contribution in [3.8, 4) is 0 Å². The molecule has 16 heavy (non-hydrogen) atoms. The number of para-hydroxylation sites is 1. The molecule has 4 nitrogen and oxygen atoms in total. The van der Waals surface area contributed by atoms with Gasteiger partial charge in [-0.15, -0.1) is 0 Å². The molecule has 82 valence electrons. The second-order valence-electron chi connectivity index (χ2n) is 3.35. The Bertz CT molecular complexity index is 542. The van der Waals surface area contributed by atoms with Crippen molar-refractivity contribution in [2.75, 3.05) is 0 Å². The summed E-state index contributed by atoms with van der Waals surface area (Å²) in [5.74, 6) is -0.818. The van der Waals surface area contributed by atoms with Gasteiger partial charge in [-0.3, -0.25) is 4.79 Å². The molecule has 1 aromatic carbocycles. The zero-order valence-electron chi connectivity index (χ0n) is 8.35. The molecule has 2 aromatic rings. The Balaban J connectivity index is 2.45. The molecule has 5 heteroatoms. The first-order chi connectivity index (χ1) is 7.68. The maximum Gasteiger partial charge on any atom is 0.303 e. The van der Waals surface area contributed by atoms with Gasteiger partial charge in [0.1, 0.15) is 6.33 Å². The number of carboxylic acid groups (broad SMARTS) is 1. The summed E-state index contributed by atoms with van der Waals surface area (Å²) in [6.45, 7) is 0. The summed E-state index contributed by atoms with van der Waals surface area (Å²) in [4.78, 5) is 18.8. The first kappa shape index (κ1) is 11.0. The number of fused-ring (bicyclic) bond motifs is 1.